The molecule has 0 rings (SSSR count). The van der Waals surface area contributed by atoms with Gasteiger partial charge in [-0.15, -0.1) is 0 Å². The molecule has 19 heavy (non-hydrogen) atoms. The lowest BCUT2D eigenvalue weighted by Gasteiger charge is -2.00. The Kier molecular flexibility index (Phi) is 15.0. The van der Waals surface area contributed by atoms with Crippen LogP contribution in [0.3, 0.4) is 0 Å². The highest BCUT2D eigenvalue weighted by Gasteiger charge is 1.98. The monoisotopic (exact) mass is 274 g/mol. The number of nitrogens with two attached hydrogens (primary N) is 1. The lowest BCUT2D eigenvalue weighted by Crippen LogP contribution is -2.20. The maximum Gasteiger partial charge on any atom is 0.303 e. The molecule has 0 fully saturated rings. The molecule has 0 aromatic rings. The summed E-state index contributed by atoms with van der Waals surface area (Å²) in [4.78, 5) is 30.0. The van der Waals surface area contributed by atoms with Crippen molar-refractivity contribution in [2.75, 3.05) is 6.54 Å². The predicted molar refractivity (Wildman–Crippen MR) is 73.5 cm³/mol. The van der Waals surface area contributed by atoms with Gasteiger partial charge in [0.05, 0.1) is 6.42 Å². The maximum absolute atomic E-state index is 10.4. The maximum atomic E-state index is 10.4. The molecule has 0 aliphatic carbocycles. The number of hydrogen-bond donors (Lipinski definition) is 3. The molecule has 0 saturated carbocycles. The number of primary amides is 1. The molecule has 4 N–H and O–H groups in total. The molecule has 0 unspecified atom stereocenters. The van der Waals surface area contributed by atoms with Crippen molar-refractivity contribution >= 4 is 17.8 Å². The Labute approximate surface area is 114 Å². The minimum atomic E-state index is -0.996. The molecule has 112 valence electrons. The smallest absolute Gasteiger partial charge is 0.303 e. The van der Waals surface area contributed by atoms with Crippen molar-refractivity contribution < 1.29 is 19.5 Å². The van der Waals surface area contributed by atoms with Gasteiger partial charge in [-0.3, -0.25) is 14.4 Å². The summed E-state index contributed by atoms with van der Waals surface area (Å²) < 4.78 is 0. The quantitative estimate of drug-likeness (QED) is 0.552. The molecular formula is C13H26N2O4. The molecule has 0 atom stereocenters. The minimum absolute atomic E-state index is 0.0741. The highest BCUT2D eigenvalue weighted by atomic mass is 16.4. The highest BCUT2D eigenvalue weighted by Crippen LogP contribution is 2.00. The fourth-order valence-electron chi connectivity index (χ4n) is 1.22. The fourth-order valence-corrected chi connectivity index (χ4v) is 1.22. The summed E-state index contributed by atoms with van der Waals surface area (Å²) in [5.41, 5.74) is 4.64. The summed E-state index contributed by atoms with van der Waals surface area (Å²) in [6.07, 6.45) is 6.02. The number of aliphatic carboxylic acids is 1. The summed E-state index contributed by atoms with van der Waals surface area (Å²) in [5.74, 6) is -1.49. The van der Waals surface area contributed by atoms with Crippen LogP contribution in [0.15, 0.2) is 0 Å². The molecule has 2 amide bonds. The van der Waals surface area contributed by atoms with Crippen LogP contribution < -0.4 is 11.1 Å². The normalized spacial score (nSPS) is 9.16. The van der Waals surface area contributed by atoms with E-state index in [4.69, 9.17) is 5.11 Å². The van der Waals surface area contributed by atoms with Gasteiger partial charge < -0.3 is 16.2 Å². The number of carboxylic acid groups (broad SMARTS) is 1. The van der Waals surface area contributed by atoms with Crippen molar-refractivity contribution in [3.05, 3.63) is 0 Å². The van der Waals surface area contributed by atoms with Crippen molar-refractivity contribution in [3.63, 3.8) is 0 Å². The third-order valence-corrected chi connectivity index (χ3v) is 2.24. The number of carbonyl (C=O) groups is 3. The van der Waals surface area contributed by atoms with Crippen molar-refractivity contribution in [2.45, 2.75) is 58.8 Å². The van der Waals surface area contributed by atoms with Crippen LogP contribution in [0.2, 0.25) is 0 Å². The Morgan fingerprint density at radius 3 is 2.00 bits per heavy atom. The lowest BCUT2D eigenvalue weighted by molar-refractivity contribution is -0.138. The van der Waals surface area contributed by atoms with Crippen molar-refractivity contribution in [1.29, 1.82) is 0 Å². The fraction of sp³-hybridized carbons (Fsp3) is 0.769. The van der Waals surface area contributed by atoms with Gasteiger partial charge in [-0.25, -0.2) is 0 Å². The van der Waals surface area contributed by atoms with Gasteiger partial charge in [0.25, 0.3) is 0 Å². The van der Waals surface area contributed by atoms with Crippen LogP contribution in [-0.4, -0.2) is 29.4 Å². The van der Waals surface area contributed by atoms with Crippen LogP contribution in [0.1, 0.15) is 58.8 Å². The second-order valence-electron chi connectivity index (χ2n) is 4.26. The molecule has 0 bridgehead atoms. The molecule has 0 aromatic carbocycles. The van der Waals surface area contributed by atoms with Crippen molar-refractivity contribution in [3.8, 4) is 0 Å². The third kappa shape index (κ3) is 26.2. The number of rotatable bonds is 9. The largest absolute Gasteiger partial charge is 0.481 e. The topological polar surface area (TPSA) is 109 Å². The van der Waals surface area contributed by atoms with Gasteiger partial charge in [0, 0.05) is 19.9 Å². The summed E-state index contributed by atoms with van der Waals surface area (Å²) in [6.45, 7) is 4.61. The molecule has 0 heterocycles. The van der Waals surface area contributed by atoms with Crippen LogP contribution in [-0.2, 0) is 14.4 Å². The number of amides is 2. The molecule has 0 spiro atoms. The van der Waals surface area contributed by atoms with Crippen LogP contribution in [0.4, 0.5) is 0 Å². The first-order chi connectivity index (χ1) is 8.90. The van der Waals surface area contributed by atoms with Gasteiger partial charge in [-0.1, -0.05) is 32.6 Å². The molecule has 0 saturated heterocycles. The first-order valence-corrected chi connectivity index (χ1v) is 6.64. The highest BCUT2D eigenvalue weighted by molar-refractivity contribution is 5.79. The standard InChI is InChI=1S/C9H19NO.C4H7NO3/c1-3-4-5-6-7-8-10-9(2)11;5-3(6)1-2-4(7)8/h3-8H2,1-2H3,(H,10,11);1-2H2,(H2,5,6)(H,7,8). The van der Waals surface area contributed by atoms with E-state index >= 15 is 0 Å². The summed E-state index contributed by atoms with van der Waals surface area (Å²) >= 11 is 0. The van der Waals surface area contributed by atoms with E-state index in [2.05, 4.69) is 18.0 Å². The molecular weight excluding hydrogens is 248 g/mol. The first kappa shape index (κ1) is 19.7. The van der Waals surface area contributed by atoms with Gasteiger partial charge in [-0.05, 0) is 6.42 Å². The van der Waals surface area contributed by atoms with Crippen LogP contribution in [0.25, 0.3) is 0 Å². The Hall–Kier alpha value is -1.59. The number of nitrogens with one attached hydrogen (secondary N) is 1. The van der Waals surface area contributed by atoms with Crippen molar-refractivity contribution in [2.24, 2.45) is 5.73 Å². The Morgan fingerprint density at radius 1 is 1.05 bits per heavy atom. The summed E-state index contributed by atoms with van der Waals surface area (Å²) in [7, 11) is 0. The van der Waals surface area contributed by atoms with Crippen LogP contribution >= 0.6 is 0 Å². The van der Waals surface area contributed by atoms with Gasteiger partial charge in [0.2, 0.25) is 11.8 Å². The zero-order valence-electron chi connectivity index (χ0n) is 11.9. The molecule has 0 aliphatic heterocycles. The predicted octanol–water partition coefficient (Wildman–Crippen LogP) is 1.43. The minimum Gasteiger partial charge on any atom is -0.481 e. The number of carboxylic acids is 1. The lowest BCUT2D eigenvalue weighted by atomic mass is 10.1. The number of carbonyl (C=O) groups excluding carboxylic acids is 2. The van der Waals surface area contributed by atoms with Gasteiger partial charge >= 0.3 is 5.97 Å². The average Bonchev–Trinajstić information content (AvgIpc) is 2.31. The SMILES string of the molecule is CCCCCCCNC(C)=O.NC(=O)CCC(=O)O. The number of unbranched alkanes of at least 4 members (excludes halogenated alkanes) is 4. The van der Waals surface area contributed by atoms with E-state index in [1.54, 1.807) is 6.92 Å². The Balaban J connectivity index is 0. The molecule has 6 heteroatoms. The van der Waals surface area contributed by atoms with E-state index in [9.17, 15) is 14.4 Å². The van der Waals surface area contributed by atoms with Gasteiger partial charge in [0.15, 0.2) is 0 Å². The first-order valence-electron chi connectivity index (χ1n) is 6.64. The molecule has 0 aromatic heterocycles. The summed E-state index contributed by atoms with van der Waals surface area (Å²) in [6, 6.07) is 0. The van der Waals surface area contributed by atoms with E-state index < -0.39 is 11.9 Å². The van der Waals surface area contributed by atoms with Gasteiger partial charge in [-0.2, -0.15) is 0 Å². The number of hydrogen-bond acceptors (Lipinski definition) is 3. The second kappa shape index (κ2) is 14.5. The van der Waals surface area contributed by atoms with E-state index in [-0.39, 0.29) is 18.7 Å². The second-order valence-corrected chi connectivity index (χ2v) is 4.26. The Morgan fingerprint density at radius 2 is 1.63 bits per heavy atom. The average molecular weight is 274 g/mol. The van der Waals surface area contributed by atoms with E-state index in [1.807, 2.05) is 0 Å². The molecule has 6 nitrogen and oxygen atoms in total. The van der Waals surface area contributed by atoms with Crippen molar-refractivity contribution in [1.82, 2.24) is 5.32 Å². The molecule has 0 radical (unpaired) electrons. The van der Waals surface area contributed by atoms with Gasteiger partial charge in [0.1, 0.15) is 0 Å². The zero-order chi connectivity index (χ0) is 15.1. The van der Waals surface area contributed by atoms with E-state index in [1.165, 1.54) is 25.7 Å². The van der Waals surface area contributed by atoms with Crippen LogP contribution in [0, 0.1) is 0 Å². The summed E-state index contributed by atoms with van der Waals surface area (Å²) in [5, 5.41) is 10.7. The third-order valence-electron chi connectivity index (χ3n) is 2.24. The zero-order valence-corrected chi connectivity index (χ0v) is 11.9. The Bertz CT molecular complexity index is 253. The molecule has 0 aliphatic rings. The van der Waals surface area contributed by atoms with Crippen LogP contribution in [0.5, 0.6) is 0 Å². The van der Waals surface area contributed by atoms with E-state index in [0.29, 0.717) is 0 Å². The van der Waals surface area contributed by atoms with E-state index in [0.717, 1.165) is 13.0 Å².